The van der Waals surface area contributed by atoms with Crippen LogP contribution >= 0.6 is 0 Å². The molecule has 191 valence electrons. The first-order valence-electron chi connectivity index (χ1n) is 12.9. The molecule has 6 rings (SSSR count). The molecular weight excluding hydrogens is 589 g/mol. The molecule has 0 aromatic heterocycles. The first-order chi connectivity index (χ1) is 16.5. The van der Waals surface area contributed by atoms with Crippen LogP contribution in [-0.4, -0.2) is 13.8 Å². The predicted molar refractivity (Wildman–Crippen MR) is 150 cm³/mol. The Kier molecular flexibility index (Phi) is 9.08. The van der Waals surface area contributed by atoms with Crippen molar-refractivity contribution in [3.63, 3.8) is 0 Å². The summed E-state index contributed by atoms with van der Waals surface area (Å²) >= 11 is 1.61. The molecule has 0 N–H and O–H groups in total. The van der Waals surface area contributed by atoms with E-state index in [1.165, 1.54) is 57.6 Å². The van der Waals surface area contributed by atoms with Gasteiger partial charge in [0.25, 0.3) is 0 Å². The summed E-state index contributed by atoms with van der Waals surface area (Å²) in [5, 5.41) is 3.23. The van der Waals surface area contributed by atoms with Crippen LogP contribution in [0.4, 0.5) is 0 Å². The summed E-state index contributed by atoms with van der Waals surface area (Å²) in [6, 6.07) is 16.0. The number of fused-ring (bicyclic) bond motifs is 1. The van der Waals surface area contributed by atoms with Gasteiger partial charge in [0.1, 0.15) is 8.07 Å². The first kappa shape index (κ1) is 30.3. The van der Waals surface area contributed by atoms with Crippen LogP contribution in [0.25, 0.3) is 17.2 Å². The van der Waals surface area contributed by atoms with Crippen LogP contribution in [0.15, 0.2) is 86.8 Å². The number of nitrogens with zero attached hydrogens (tertiary/aromatic N) is 1. The zero-order valence-corrected chi connectivity index (χ0v) is 27.9. The average Bonchev–Trinajstić information content (AvgIpc) is 3.43. The van der Waals surface area contributed by atoms with E-state index >= 15 is 0 Å². The Bertz CT molecular complexity index is 1370. The molecule has 1 unspecified atom stereocenters. The van der Waals surface area contributed by atoms with Gasteiger partial charge in [-0.05, 0) is 23.4 Å². The third-order valence-corrected chi connectivity index (χ3v) is 13.2. The van der Waals surface area contributed by atoms with E-state index in [1.54, 1.807) is 40.7 Å². The Morgan fingerprint density at radius 1 is 0.973 bits per heavy atom. The topological polar surface area (TPSA) is 12.4 Å². The van der Waals surface area contributed by atoms with Crippen molar-refractivity contribution in [2.45, 2.75) is 69.6 Å². The molecule has 2 aliphatic heterocycles. The van der Waals surface area contributed by atoms with Crippen molar-refractivity contribution in [2.24, 2.45) is 4.99 Å². The Morgan fingerprint density at radius 2 is 1.65 bits per heavy atom. The number of aliphatic imine (C=N–C) groups is 1. The number of hydrogen-bond acceptors (Lipinski definition) is 1. The number of halogens is 2. The van der Waals surface area contributed by atoms with Crippen molar-refractivity contribution >= 4 is 19.9 Å². The Hall–Kier alpha value is -1.25. The van der Waals surface area contributed by atoms with Crippen molar-refractivity contribution in [1.82, 2.24) is 0 Å². The van der Waals surface area contributed by atoms with Gasteiger partial charge in [-0.25, -0.2) is 0 Å². The molecule has 0 radical (unpaired) electrons. The van der Waals surface area contributed by atoms with E-state index in [9.17, 15) is 0 Å². The van der Waals surface area contributed by atoms with Crippen molar-refractivity contribution in [1.29, 1.82) is 0 Å². The van der Waals surface area contributed by atoms with Crippen molar-refractivity contribution in [3.8, 4) is 11.1 Å². The molecule has 0 bridgehead atoms. The fourth-order valence-electron chi connectivity index (χ4n) is 5.97. The SMILES string of the molecule is CC1=NC2=CC=C3C2=C1[Si]3(C)C.CCCC1=Cc2c(-c3ccc(C(C)(C)C)cc3)cccc2[CH]1[Zr+2].[Cl-].[Cl-]. The molecule has 5 heteroatoms. The zero-order chi connectivity index (χ0) is 25.1. The summed E-state index contributed by atoms with van der Waals surface area (Å²) in [5.74, 6) is 0. The van der Waals surface area contributed by atoms with Gasteiger partial charge in [0.05, 0.1) is 5.70 Å². The number of benzene rings is 2. The van der Waals surface area contributed by atoms with Crippen LogP contribution in [-0.2, 0) is 30.1 Å². The fraction of sp³-hybridized carbons (Fsp3) is 0.344. The standard InChI is InChI=1S/C22H25.C10H11NSi.2ClH.Zr/c1-5-7-16-14-18-8-6-9-20(21(18)15-16)17-10-12-19(13-11-17)22(2,3)4;1-6-10-9-7(11-6)4-5-8(9)12(10,2)3;;;/h6,8-15H,5,7H2,1-4H3;4-5H,1-3H3;2*1H;/q;;;;+2/p-2. The summed E-state index contributed by atoms with van der Waals surface area (Å²) in [6.07, 6.45) is 9.37. The molecule has 2 heterocycles. The van der Waals surface area contributed by atoms with Gasteiger partial charge in [0.2, 0.25) is 0 Å². The Morgan fingerprint density at radius 3 is 2.27 bits per heavy atom. The minimum Gasteiger partial charge on any atom is -1.00 e. The fourth-order valence-corrected chi connectivity index (χ4v) is 10.5. The maximum Gasteiger partial charge on any atom is -1.00 e. The van der Waals surface area contributed by atoms with Gasteiger partial charge < -0.3 is 24.8 Å². The molecule has 2 aliphatic carbocycles. The van der Waals surface area contributed by atoms with Gasteiger partial charge in [-0.1, -0.05) is 19.2 Å². The van der Waals surface area contributed by atoms with Crippen LogP contribution in [0.3, 0.4) is 0 Å². The van der Waals surface area contributed by atoms with Crippen molar-refractivity contribution < 1.29 is 49.5 Å². The normalized spacial score (nSPS) is 19.6. The van der Waals surface area contributed by atoms with Gasteiger partial charge >= 0.3 is 156 Å². The predicted octanol–water partition coefficient (Wildman–Crippen LogP) is 2.83. The largest absolute Gasteiger partial charge is 1.00 e. The maximum atomic E-state index is 4.56. The minimum absolute atomic E-state index is 0. The number of allylic oxidation sites excluding steroid dienone is 5. The summed E-state index contributed by atoms with van der Waals surface area (Å²) in [5.41, 5.74) is 13.0. The van der Waals surface area contributed by atoms with Crippen LogP contribution in [0, 0.1) is 0 Å². The van der Waals surface area contributed by atoms with E-state index < -0.39 is 8.07 Å². The molecule has 0 amide bonds. The van der Waals surface area contributed by atoms with Crippen LogP contribution in [0.1, 0.15) is 67.8 Å². The van der Waals surface area contributed by atoms with E-state index in [4.69, 9.17) is 0 Å². The molecule has 2 aromatic rings. The van der Waals surface area contributed by atoms with Gasteiger partial charge in [-0.3, -0.25) is 4.99 Å². The van der Waals surface area contributed by atoms with Gasteiger partial charge in [0.15, 0.2) is 0 Å². The second-order valence-corrected chi connectivity index (χ2v) is 17.5. The maximum absolute atomic E-state index is 4.56. The molecule has 0 spiro atoms. The third kappa shape index (κ3) is 5.19. The van der Waals surface area contributed by atoms with Gasteiger partial charge in [-0.15, -0.1) is 0 Å². The first-order valence-corrected chi connectivity index (χ1v) is 17.3. The van der Waals surface area contributed by atoms with Gasteiger partial charge in [-0.2, -0.15) is 0 Å². The molecular formula is C32H36Cl2NSiZr. The molecule has 1 nitrogen and oxygen atoms in total. The van der Waals surface area contributed by atoms with E-state index in [1.807, 2.05) is 0 Å². The summed E-state index contributed by atoms with van der Waals surface area (Å²) in [7, 11) is -1.17. The molecule has 4 aliphatic rings. The van der Waals surface area contributed by atoms with Gasteiger partial charge in [0, 0.05) is 11.3 Å². The van der Waals surface area contributed by atoms with E-state index in [0.29, 0.717) is 3.63 Å². The van der Waals surface area contributed by atoms with E-state index in [-0.39, 0.29) is 30.2 Å². The smallest absolute Gasteiger partial charge is 1.00 e. The quantitative estimate of drug-likeness (QED) is 0.466. The van der Waals surface area contributed by atoms with Crippen molar-refractivity contribution in [2.75, 3.05) is 0 Å². The minimum atomic E-state index is -1.17. The summed E-state index contributed by atoms with van der Waals surface area (Å²) < 4.78 is 0.658. The zero-order valence-electron chi connectivity index (χ0n) is 23.0. The number of rotatable bonds is 3. The Balaban J connectivity index is 0.000000229. The van der Waals surface area contributed by atoms with Crippen LogP contribution in [0.5, 0.6) is 0 Å². The number of hydrogen-bond donors (Lipinski definition) is 0. The monoisotopic (exact) mass is 622 g/mol. The molecule has 37 heavy (non-hydrogen) atoms. The third-order valence-electron chi connectivity index (χ3n) is 7.88. The summed E-state index contributed by atoms with van der Waals surface area (Å²) in [4.78, 5) is 4.56. The van der Waals surface area contributed by atoms with Crippen molar-refractivity contribution in [3.05, 3.63) is 98.5 Å². The molecule has 2 aromatic carbocycles. The van der Waals surface area contributed by atoms with E-state index in [0.717, 1.165) is 0 Å². The molecule has 0 saturated heterocycles. The van der Waals surface area contributed by atoms with Crippen LogP contribution < -0.4 is 24.8 Å². The van der Waals surface area contributed by atoms with E-state index in [2.05, 4.69) is 113 Å². The second-order valence-electron chi connectivity index (χ2n) is 11.7. The molecule has 1 atom stereocenters. The van der Waals surface area contributed by atoms with Crippen LogP contribution in [0.2, 0.25) is 13.1 Å². The molecule has 0 fully saturated rings. The second kappa shape index (κ2) is 11.1. The summed E-state index contributed by atoms with van der Waals surface area (Å²) in [6.45, 7) is 16.1. The molecule has 0 saturated carbocycles. The average molecular weight is 625 g/mol. The Labute approximate surface area is 252 Å².